The minimum atomic E-state index is -4.00. The molecule has 3 aromatic rings. The predicted octanol–water partition coefficient (Wildman–Crippen LogP) is 2.51. The molecule has 10 nitrogen and oxygen atoms in total. The van der Waals surface area contributed by atoms with E-state index in [-0.39, 0.29) is 34.4 Å². The summed E-state index contributed by atoms with van der Waals surface area (Å²) < 4.78 is 28.4. The fraction of sp³-hybridized carbons (Fsp3) is 0.190. The van der Waals surface area contributed by atoms with Crippen LogP contribution in [-0.4, -0.2) is 43.9 Å². The van der Waals surface area contributed by atoms with Gasteiger partial charge in [-0.1, -0.05) is 18.2 Å². The van der Waals surface area contributed by atoms with Crippen molar-refractivity contribution >= 4 is 56.2 Å². The number of hydrogen-bond acceptors (Lipinski definition) is 7. The second kappa shape index (κ2) is 11.1. The molecule has 2 heterocycles. The number of rotatable bonds is 11. The molecule has 1 amide bonds. The molecule has 0 radical (unpaired) electrons. The van der Waals surface area contributed by atoms with Gasteiger partial charge in [-0.15, -0.1) is 22.7 Å². The minimum absolute atomic E-state index is 0.0408. The summed E-state index contributed by atoms with van der Waals surface area (Å²) in [5, 5.41) is 15.3. The first kappa shape index (κ1) is 25.2. The quantitative estimate of drug-likeness (QED) is 0.146. The van der Waals surface area contributed by atoms with Gasteiger partial charge in [-0.05, 0) is 53.4 Å². The molecule has 0 unspecified atom stereocenters. The van der Waals surface area contributed by atoms with Crippen molar-refractivity contribution in [1.82, 2.24) is 5.32 Å². The lowest BCUT2D eigenvalue weighted by molar-refractivity contribution is -0.139. The number of carbonyl (C=O) groups excluding carboxylic acids is 1. The Kier molecular flexibility index (Phi) is 8.26. The van der Waals surface area contributed by atoms with Gasteiger partial charge >= 0.3 is 5.97 Å². The Morgan fingerprint density at radius 2 is 1.88 bits per heavy atom. The van der Waals surface area contributed by atoms with Gasteiger partial charge in [0.05, 0.1) is 10.6 Å². The lowest BCUT2D eigenvalue weighted by atomic mass is 10.1. The van der Waals surface area contributed by atoms with Crippen LogP contribution < -0.4 is 21.5 Å². The maximum atomic E-state index is 13.0. The molecule has 2 aromatic heterocycles. The molecular formula is C21H23N5O5S3. The number of aliphatic carboxylic acids is 1. The van der Waals surface area contributed by atoms with E-state index in [1.807, 2.05) is 23.6 Å². The number of aliphatic imine (C=N–C) groups is 1. The van der Waals surface area contributed by atoms with Crippen molar-refractivity contribution in [3.8, 4) is 10.4 Å². The van der Waals surface area contributed by atoms with Crippen LogP contribution in [0.4, 0.5) is 5.69 Å². The number of nitrogens with zero attached hydrogens (tertiary/aromatic N) is 1. The number of amides is 1. The molecule has 1 atom stereocenters. The van der Waals surface area contributed by atoms with E-state index in [1.165, 1.54) is 23.5 Å². The van der Waals surface area contributed by atoms with Crippen molar-refractivity contribution in [3.05, 3.63) is 58.1 Å². The number of anilines is 1. The number of nitrogens with one attached hydrogen (secondary N) is 2. The Balaban J connectivity index is 1.73. The first-order valence-electron chi connectivity index (χ1n) is 10.0. The molecule has 7 N–H and O–H groups in total. The van der Waals surface area contributed by atoms with E-state index in [0.29, 0.717) is 6.42 Å². The molecule has 3 rings (SSSR count). The first-order chi connectivity index (χ1) is 16.2. The van der Waals surface area contributed by atoms with E-state index in [1.54, 1.807) is 17.5 Å². The Bertz CT molecular complexity index is 1280. The molecule has 13 heteroatoms. The summed E-state index contributed by atoms with van der Waals surface area (Å²) >= 11 is 2.48. The van der Waals surface area contributed by atoms with Crippen LogP contribution in [0, 0.1) is 0 Å². The summed E-state index contributed by atoms with van der Waals surface area (Å²) in [7, 11) is -4.00. The van der Waals surface area contributed by atoms with Crippen LogP contribution >= 0.6 is 22.7 Å². The summed E-state index contributed by atoms with van der Waals surface area (Å²) in [6.07, 6.45) is 0.430. The molecule has 0 aliphatic rings. The van der Waals surface area contributed by atoms with E-state index in [4.69, 9.17) is 11.5 Å². The summed E-state index contributed by atoms with van der Waals surface area (Å²) in [5.74, 6) is -2.02. The molecule has 1 aromatic carbocycles. The number of guanidine groups is 1. The fourth-order valence-electron chi connectivity index (χ4n) is 3.01. The zero-order valence-electron chi connectivity index (χ0n) is 17.8. The third-order valence-electron chi connectivity index (χ3n) is 4.61. The highest BCUT2D eigenvalue weighted by Gasteiger charge is 2.25. The average molecular weight is 522 g/mol. The normalized spacial score (nSPS) is 12.0. The Morgan fingerprint density at radius 3 is 2.56 bits per heavy atom. The van der Waals surface area contributed by atoms with Gasteiger partial charge in [0, 0.05) is 11.4 Å². The van der Waals surface area contributed by atoms with E-state index >= 15 is 0 Å². The second-order valence-electron chi connectivity index (χ2n) is 7.09. The standard InChI is InChI=1S/C21H23N5O5S3/c22-21(23)24-9-2-6-16(20(28)29)25-19(27)18-15(8-11-33-18)26-34(30,31)14-5-1-4-13(12-14)17-7-3-10-32-17/h1,3-5,7-8,10-12,16,26H,2,6,9H2,(H,25,27)(H,28,29)(H4,22,23,24)/t16-/m0/s1. The molecule has 0 saturated carbocycles. The summed E-state index contributed by atoms with van der Waals surface area (Å²) in [6, 6.07) is 10.5. The molecule has 0 spiro atoms. The summed E-state index contributed by atoms with van der Waals surface area (Å²) in [6.45, 7) is 0.219. The van der Waals surface area contributed by atoms with Crippen molar-refractivity contribution in [2.75, 3.05) is 11.3 Å². The zero-order valence-corrected chi connectivity index (χ0v) is 20.3. The third kappa shape index (κ3) is 6.56. The van der Waals surface area contributed by atoms with Crippen LogP contribution in [0.5, 0.6) is 0 Å². The van der Waals surface area contributed by atoms with Gasteiger partial charge in [-0.3, -0.25) is 14.5 Å². The highest BCUT2D eigenvalue weighted by atomic mass is 32.2. The minimum Gasteiger partial charge on any atom is -0.480 e. The number of sulfonamides is 1. The third-order valence-corrected chi connectivity index (χ3v) is 7.81. The van der Waals surface area contributed by atoms with Crippen LogP contribution in [-0.2, 0) is 14.8 Å². The highest BCUT2D eigenvalue weighted by molar-refractivity contribution is 7.92. The van der Waals surface area contributed by atoms with Crippen LogP contribution in [0.2, 0.25) is 0 Å². The molecular weight excluding hydrogens is 498 g/mol. The van der Waals surface area contributed by atoms with Crippen LogP contribution in [0.1, 0.15) is 22.5 Å². The number of nitrogens with two attached hydrogens (primary N) is 2. The molecule has 180 valence electrons. The topological polar surface area (TPSA) is 177 Å². The lowest BCUT2D eigenvalue weighted by Crippen LogP contribution is -2.40. The van der Waals surface area contributed by atoms with E-state index < -0.39 is 27.9 Å². The number of carboxylic acids is 1. The van der Waals surface area contributed by atoms with Crippen molar-refractivity contribution in [1.29, 1.82) is 0 Å². The van der Waals surface area contributed by atoms with E-state index in [0.717, 1.165) is 21.8 Å². The van der Waals surface area contributed by atoms with Gasteiger partial charge in [-0.2, -0.15) is 0 Å². The number of benzene rings is 1. The Morgan fingerprint density at radius 1 is 1.09 bits per heavy atom. The average Bonchev–Trinajstić information content (AvgIpc) is 3.47. The van der Waals surface area contributed by atoms with Crippen LogP contribution in [0.3, 0.4) is 0 Å². The predicted molar refractivity (Wildman–Crippen MR) is 134 cm³/mol. The Hall–Kier alpha value is -3.42. The molecule has 0 saturated heterocycles. The van der Waals surface area contributed by atoms with Gasteiger partial charge in [0.2, 0.25) is 0 Å². The number of hydrogen-bond donors (Lipinski definition) is 5. The van der Waals surface area contributed by atoms with E-state index in [9.17, 15) is 23.1 Å². The van der Waals surface area contributed by atoms with Gasteiger partial charge in [-0.25, -0.2) is 13.2 Å². The van der Waals surface area contributed by atoms with Crippen LogP contribution in [0.25, 0.3) is 10.4 Å². The van der Waals surface area contributed by atoms with Crippen molar-refractivity contribution in [2.24, 2.45) is 16.5 Å². The number of thiophene rings is 2. The molecule has 34 heavy (non-hydrogen) atoms. The maximum absolute atomic E-state index is 13.0. The SMILES string of the molecule is NC(N)=NCCC[C@H](NC(=O)c1sccc1NS(=O)(=O)c1cccc(-c2cccs2)c1)C(=O)O. The van der Waals surface area contributed by atoms with Crippen LogP contribution in [0.15, 0.2) is 63.1 Å². The summed E-state index contributed by atoms with van der Waals surface area (Å²) in [4.78, 5) is 29.1. The van der Waals surface area contributed by atoms with E-state index in [2.05, 4.69) is 15.0 Å². The molecule has 0 fully saturated rings. The van der Waals surface area contributed by atoms with Gasteiger partial charge < -0.3 is 21.9 Å². The molecule has 0 aliphatic heterocycles. The second-order valence-corrected chi connectivity index (χ2v) is 10.6. The first-order valence-corrected chi connectivity index (χ1v) is 13.2. The summed E-state index contributed by atoms with van der Waals surface area (Å²) in [5.41, 5.74) is 11.3. The maximum Gasteiger partial charge on any atom is 0.326 e. The highest BCUT2D eigenvalue weighted by Crippen LogP contribution is 2.29. The number of carboxylic acid groups (broad SMARTS) is 1. The van der Waals surface area contributed by atoms with Crippen molar-refractivity contribution in [2.45, 2.75) is 23.8 Å². The zero-order chi connectivity index (χ0) is 24.7. The molecule has 0 aliphatic carbocycles. The lowest BCUT2D eigenvalue weighted by Gasteiger charge is -2.15. The largest absolute Gasteiger partial charge is 0.480 e. The Labute approximate surface area is 204 Å². The number of carbonyl (C=O) groups is 2. The van der Waals surface area contributed by atoms with Gasteiger partial charge in [0.1, 0.15) is 10.9 Å². The van der Waals surface area contributed by atoms with Gasteiger partial charge in [0.25, 0.3) is 15.9 Å². The van der Waals surface area contributed by atoms with Crippen molar-refractivity contribution in [3.63, 3.8) is 0 Å². The fourth-order valence-corrected chi connectivity index (χ4v) is 5.67. The smallest absolute Gasteiger partial charge is 0.326 e. The monoisotopic (exact) mass is 521 g/mol. The molecule has 0 bridgehead atoms. The van der Waals surface area contributed by atoms with Crippen molar-refractivity contribution < 1.29 is 23.1 Å². The van der Waals surface area contributed by atoms with Gasteiger partial charge in [0.15, 0.2) is 5.96 Å².